The van der Waals surface area contributed by atoms with Gasteiger partial charge in [-0.1, -0.05) is 6.07 Å². The molecule has 0 spiro atoms. The van der Waals surface area contributed by atoms with Gasteiger partial charge in [-0.15, -0.1) is 13.2 Å². The predicted molar refractivity (Wildman–Crippen MR) is 125 cm³/mol. The molecule has 2 fully saturated rings. The topological polar surface area (TPSA) is 96.8 Å². The summed E-state index contributed by atoms with van der Waals surface area (Å²) in [6, 6.07) is 2.55. The Hall–Kier alpha value is -2.85. The predicted octanol–water partition coefficient (Wildman–Crippen LogP) is 3.14. The molecule has 0 atom stereocenters. The van der Waals surface area contributed by atoms with Crippen molar-refractivity contribution in [1.82, 2.24) is 24.1 Å². The summed E-state index contributed by atoms with van der Waals surface area (Å²) in [7, 11) is -2.26. The van der Waals surface area contributed by atoms with Crippen LogP contribution in [-0.2, 0) is 17.1 Å². The van der Waals surface area contributed by atoms with Gasteiger partial charge in [0, 0.05) is 64.3 Å². The Labute approximate surface area is 220 Å². The normalized spacial score (nSPS) is 20.5. The second-order valence-electron chi connectivity index (χ2n) is 9.69. The minimum atomic E-state index is -5.17. The number of nitrogens with one attached hydrogen (secondary N) is 1. The molecule has 0 radical (unpaired) electrons. The second kappa shape index (κ2) is 10.6. The maximum Gasteiger partial charge on any atom is 0.573 e. The highest BCUT2D eigenvalue weighted by Gasteiger charge is 2.48. The molecule has 216 valence electrons. The third-order valence-corrected chi connectivity index (χ3v) is 8.90. The number of aryl methyl sites for hydroxylation is 1. The van der Waals surface area contributed by atoms with Gasteiger partial charge in [0.2, 0.25) is 5.92 Å². The highest BCUT2D eigenvalue weighted by atomic mass is 32.2. The lowest BCUT2D eigenvalue weighted by atomic mass is 9.78. The van der Waals surface area contributed by atoms with E-state index in [0.29, 0.717) is 0 Å². The number of halogens is 6. The zero-order valence-electron chi connectivity index (χ0n) is 20.8. The second-order valence-corrected chi connectivity index (χ2v) is 11.6. The standard InChI is InChI=1S/C23H27F6N5O4S/c1-32-13-18(31-15-32)39(36,37)34-11-9-33(10-12-34)21(5-7-22(25,26)8-6-21)14-30-20(35)19-16(24)3-2-4-17(19)38-23(27,28)29/h2-4,13,15H,5-12,14H2,1H3,(H,30,35). The summed E-state index contributed by atoms with van der Waals surface area (Å²) in [5, 5.41) is 2.29. The number of hydrogen-bond acceptors (Lipinski definition) is 6. The number of nitrogens with zero attached hydrogens (tertiary/aromatic N) is 4. The first-order chi connectivity index (χ1) is 18.1. The van der Waals surface area contributed by atoms with Crippen LogP contribution in [-0.4, -0.2) is 83.6 Å². The van der Waals surface area contributed by atoms with Crippen molar-refractivity contribution in [3.63, 3.8) is 0 Å². The molecule has 1 amide bonds. The smallest absolute Gasteiger partial charge is 0.405 e. The van der Waals surface area contributed by atoms with Crippen molar-refractivity contribution < 1.29 is 44.3 Å². The molecule has 1 aromatic carbocycles. The molecule has 2 heterocycles. The van der Waals surface area contributed by atoms with Crippen LogP contribution in [0, 0.1) is 5.82 Å². The lowest BCUT2D eigenvalue weighted by Gasteiger charge is -2.50. The van der Waals surface area contributed by atoms with Gasteiger partial charge in [0.25, 0.3) is 15.9 Å². The van der Waals surface area contributed by atoms with Crippen molar-refractivity contribution in [2.75, 3.05) is 32.7 Å². The van der Waals surface area contributed by atoms with Crippen LogP contribution < -0.4 is 10.1 Å². The maximum absolute atomic E-state index is 14.4. The van der Waals surface area contributed by atoms with Gasteiger partial charge in [-0.05, 0) is 25.0 Å². The first-order valence-corrected chi connectivity index (χ1v) is 13.5. The van der Waals surface area contributed by atoms with E-state index in [2.05, 4.69) is 15.0 Å². The van der Waals surface area contributed by atoms with Crippen LogP contribution in [0.15, 0.2) is 35.7 Å². The Morgan fingerprint density at radius 1 is 1.10 bits per heavy atom. The SMILES string of the molecule is Cn1cnc(S(=O)(=O)N2CCN(C3(CNC(=O)c4c(F)cccc4OC(F)(F)F)CCC(F)(F)CC3)CC2)c1. The molecular weight excluding hydrogens is 556 g/mol. The summed E-state index contributed by atoms with van der Waals surface area (Å²) in [5.41, 5.74) is -2.01. The average Bonchev–Trinajstić information content (AvgIpc) is 3.30. The minimum Gasteiger partial charge on any atom is -0.405 e. The summed E-state index contributed by atoms with van der Waals surface area (Å²) in [6.07, 6.45) is -3.61. The molecule has 1 saturated carbocycles. The van der Waals surface area contributed by atoms with E-state index in [1.807, 2.05) is 0 Å². The van der Waals surface area contributed by atoms with Crippen LogP contribution >= 0.6 is 0 Å². The van der Waals surface area contributed by atoms with Crippen molar-refractivity contribution in [1.29, 1.82) is 0 Å². The fourth-order valence-corrected chi connectivity index (χ4v) is 6.40. The summed E-state index contributed by atoms with van der Waals surface area (Å²) < 4.78 is 113. The number of carbonyl (C=O) groups is 1. The molecule has 1 aliphatic heterocycles. The van der Waals surface area contributed by atoms with Gasteiger partial charge in [-0.3, -0.25) is 9.69 Å². The minimum absolute atomic E-state index is 0.0296. The number of alkyl halides is 5. The molecule has 4 rings (SSSR count). The van der Waals surface area contributed by atoms with E-state index in [9.17, 15) is 39.6 Å². The molecule has 1 N–H and O–H groups in total. The van der Waals surface area contributed by atoms with Crippen molar-refractivity contribution in [3.05, 3.63) is 42.1 Å². The molecule has 16 heteroatoms. The monoisotopic (exact) mass is 583 g/mol. The molecule has 39 heavy (non-hydrogen) atoms. The maximum atomic E-state index is 14.4. The number of sulfonamides is 1. The molecule has 1 saturated heterocycles. The van der Waals surface area contributed by atoms with Gasteiger partial charge in [-0.2, -0.15) is 4.31 Å². The molecule has 0 bridgehead atoms. The molecule has 1 aromatic heterocycles. The summed E-state index contributed by atoms with van der Waals surface area (Å²) in [6.45, 7) is 0.0870. The number of aromatic nitrogens is 2. The highest BCUT2D eigenvalue weighted by molar-refractivity contribution is 7.89. The molecule has 1 aliphatic carbocycles. The molecule has 0 unspecified atom stereocenters. The third kappa shape index (κ3) is 6.49. The summed E-state index contributed by atoms with van der Waals surface area (Å²) in [4.78, 5) is 18.5. The van der Waals surface area contributed by atoms with Crippen LogP contribution in [0.3, 0.4) is 0 Å². The number of hydrogen-bond donors (Lipinski definition) is 1. The molecular formula is C23H27F6N5O4S. The van der Waals surface area contributed by atoms with Crippen molar-refractivity contribution >= 4 is 15.9 Å². The Kier molecular flexibility index (Phi) is 7.93. The Morgan fingerprint density at radius 2 is 1.74 bits per heavy atom. The van der Waals surface area contributed by atoms with Crippen LogP contribution in [0.25, 0.3) is 0 Å². The quantitative estimate of drug-likeness (QED) is 0.504. The largest absolute Gasteiger partial charge is 0.573 e. The van der Waals surface area contributed by atoms with Gasteiger partial charge in [0.05, 0.1) is 6.33 Å². The fourth-order valence-electron chi connectivity index (χ4n) is 5.01. The molecule has 2 aromatic rings. The average molecular weight is 584 g/mol. The highest BCUT2D eigenvalue weighted by Crippen LogP contribution is 2.42. The zero-order valence-corrected chi connectivity index (χ0v) is 21.7. The number of ether oxygens (including phenoxy) is 1. The lowest BCUT2D eigenvalue weighted by molar-refractivity contribution is -0.274. The van der Waals surface area contributed by atoms with Gasteiger partial charge in [-0.25, -0.2) is 26.6 Å². The van der Waals surface area contributed by atoms with E-state index < -0.39 is 63.7 Å². The Morgan fingerprint density at radius 3 is 2.31 bits per heavy atom. The van der Waals surface area contributed by atoms with Gasteiger partial charge < -0.3 is 14.6 Å². The molecule has 2 aliphatic rings. The third-order valence-electron chi connectivity index (χ3n) is 7.11. The van der Waals surface area contributed by atoms with E-state index >= 15 is 0 Å². The van der Waals surface area contributed by atoms with E-state index in [1.165, 1.54) is 21.4 Å². The van der Waals surface area contributed by atoms with Crippen LogP contribution in [0.5, 0.6) is 5.75 Å². The van der Waals surface area contributed by atoms with E-state index in [1.54, 1.807) is 11.9 Å². The van der Waals surface area contributed by atoms with Crippen molar-refractivity contribution in [2.45, 2.75) is 48.5 Å². The van der Waals surface area contributed by atoms with E-state index in [4.69, 9.17) is 0 Å². The van der Waals surface area contributed by atoms with Crippen LogP contribution in [0.2, 0.25) is 0 Å². The number of rotatable bonds is 7. The Balaban J connectivity index is 1.51. The molecule has 9 nitrogen and oxygen atoms in total. The number of imidazole rings is 1. The van der Waals surface area contributed by atoms with Gasteiger partial charge in [0.15, 0.2) is 5.03 Å². The first-order valence-electron chi connectivity index (χ1n) is 12.1. The van der Waals surface area contributed by atoms with E-state index in [0.717, 1.165) is 18.2 Å². The number of amides is 1. The van der Waals surface area contributed by atoms with Gasteiger partial charge >= 0.3 is 6.36 Å². The first kappa shape index (κ1) is 29.1. The van der Waals surface area contributed by atoms with E-state index in [-0.39, 0.29) is 50.6 Å². The Bertz CT molecular complexity index is 1300. The number of carbonyl (C=O) groups excluding carboxylic acids is 1. The fraction of sp³-hybridized carbons (Fsp3) is 0.565. The van der Waals surface area contributed by atoms with Crippen molar-refractivity contribution in [2.24, 2.45) is 7.05 Å². The number of piperazine rings is 1. The van der Waals surface area contributed by atoms with Crippen LogP contribution in [0.4, 0.5) is 26.3 Å². The van der Waals surface area contributed by atoms with Crippen LogP contribution in [0.1, 0.15) is 36.0 Å². The summed E-state index contributed by atoms with van der Waals surface area (Å²) in [5.74, 6) is -6.40. The lowest BCUT2D eigenvalue weighted by Crippen LogP contribution is -2.63. The zero-order chi connectivity index (χ0) is 28.6. The van der Waals surface area contributed by atoms with Gasteiger partial charge in [0.1, 0.15) is 17.1 Å². The van der Waals surface area contributed by atoms with Crippen molar-refractivity contribution in [3.8, 4) is 5.75 Å². The number of benzene rings is 1. The summed E-state index contributed by atoms with van der Waals surface area (Å²) >= 11 is 0.